The van der Waals surface area contributed by atoms with Crippen LogP contribution in [0.1, 0.15) is 10.4 Å². The lowest BCUT2D eigenvalue weighted by molar-refractivity contribution is -0.0500. The number of ether oxygens (including phenoxy) is 2. The zero-order valence-electron chi connectivity index (χ0n) is 7.67. The predicted molar refractivity (Wildman–Crippen MR) is 44.4 cm³/mol. The fourth-order valence-corrected chi connectivity index (χ4v) is 0.969. The molecule has 6 heteroatoms. The Kier molecular flexibility index (Phi) is 3.54. The first kappa shape index (κ1) is 11.4. The average Bonchev–Trinajstić information content (AvgIpc) is 2.14. The normalized spacial score (nSPS) is 10.2. The van der Waals surface area contributed by atoms with Crippen LogP contribution >= 0.6 is 0 Å². The van der Waals surface area contributed by atoms with Gasteiger partial charge in [-0.3, -0.25) is 0 Å². The lowest BCUT2D eigenvalue weighted by atomic mass is 10.2. The number of halogens is 3. The van der Waals surface area contributed by atoms with Gasteiger partial charge in [-0.1, -0.05) is 0 Å². The third-order valence-corrected chi connectivity index (χ3v) is 1.52. The number of methoxy groups -OCH3 is 1. The molecule has 0 unspecified atom stereocenters. The zero-order chi connectivity index (χ0) is 11.4. The molecule has 1 rings (SSSR count). The van der Waals surface area contributed by atoms with Crippen molar-refractivity contribution in [1.29, 1.82) is 0 Å². The van der Waals surface area contributed by atoms with Crippen LogP contribution in [0.3, 0.4) is 0 Å². The van der Waals surface area contributed by atoms with Crippen molar-refractivity contribution < 1.29 is 27.4 Å². The molecule has 3 nitrogen and oxygen atoms in total. The van der Waals surface area contributed by atoms with Crippen molar-refractivity contribution in [2.45, 2.75) is 6.61 Å². The van der Waals surface area contributed by atoms with Gasteiger partial charge in [0, 0.05) is 6.07 Å². The van der Waals surface area contributed by atoms with E-state index in [1.54, 1.807) is 0 Å². The Labute approximate surface area is 83.4 Å². The lowest BCUT2D eigenvalue weighted by Crippen LogP contribution is -2.06. The molecule has 0 heterocycles. The minimum Gasteiger partial charge on any atom is -0.465 e. The zero-order valence-corrected chi connectivity index (χ0v) is 7.67. The van der Waals surface area contributed by atoms with Gasteiger partial charge in [-0.2, -0.15) is 8.78 Å². The summed E-state index contributed by atoms with van der Waals surface area (Å²) in [4.78, 5) is 11.0. The Balaban J connectivity index is 2.99. The minimum atomic E-state index is -3.07. The Bertz CT molecular complexity index is 366. The molecule has 0 atom stereocenters. The molecule has 0 aliphatic rings. The van der Waals surface area contributed by atoms with Gasteiger partial charge in [0.2, 0.25) is 0 Å². The van der Waals surface area contributed by atoms with E-state index in [2.05, 4.69) is 9.47 Å². The summed E-state index contributed by atoms with van der Waals surface area (Å²) in [6, 6.07) is 2.59. The van der Waals surface area contributed by atoms with E-state index in [0.717, 1.165) is 25.3 Å². The summed E-state index contributed by atoms with van der Waals surface area (Å²) < 4.78 is 44.7. The van der Waals surface area contributed by atoms with Gasteiger partial charge < -0.3 is 9.47 Å². The molecule has 0 saturated heterocycles. The van der Waals surface area contributed by atoms with Crippen molar-refractivity contribution in [3.8, 4) is 5.75 Å². The van der Waals surface area contributed by atoms with E-state index in [4.69, 9.17) is 0 Å². The summed E-state index contributed by atoms with van der Waals surface area (Å²) in [5, 5.41) is 0. The first-order valence-electron chi connectivity index (χ1n) is 3.86. The molecule has 0 aromatic heterocycles. The fourth-order valence-electron chi connectivity index (χ4n) is 0.969. The van der Waals surface area contributed by atoms with Gasteiger partial charge in [0.1, 0.15) is 11.6 Å². The highest BCUT2D eigenvalue weighted by atomic mass is 19.3. The van der Waals surface area contributed by atoms with Gasteiger partial charge in [-0.15, -0.1) is 0 Å². The molecule has 15 heavy (non-hydrogen) atoms. The molecule has 0 N–H and O–H groups in total. The van der Waals surface area contributed by atoms with Crippen molar-refractivity contribution in [3.05, 3.63) is 29.6 Å². The standard InChI is InChI=1S/C9H7F3O3/c1-14-8(13)5-2-6(10)4-7(3-5)15-9(11)12/h2-4,9H,1H3. The van der Waals surface area contributed by atoms with Gasteiger partial charge in [0.05, 0.1) is 12.7 Å². The van der Waals surface area contributed by atoms with Crippen molar-refractivity contribution in [2.75, 3.05) is 7.11 Å². The molecule has 1 aromatic carbocycles. The fraction of sp³-hybridized carbons (Fsp3) is 0.222. The lowest BCUT2D eigenvalue weighted by Gasteiger charge is -2.06. The highest BCUT2D eigenvalue weighted by Gasteiger charge is 2.12. The van der Waals surface area contributed by atoms with E-state index in [-0.39, 0.29) is 5.56 Å². The number of benzene rings is 1. The second-order valence-corrected chi connectivity index (χ2v) is 2.55. The van der Waals surface area contributed by atoms with Crippen LogP contribution in [0.4, 0.5) is 13.2 Å². The van der Waals surface area contributed by atoms with E-state index in [1.165, 1.54) is 0 Å². The van der Waals surface area contributed by atoms with Crippen molar-refractivity contribution in [2.24, 2.45) is 0 Å². The van der Waals surface area contributed by atoms with Gasteiger partial charge in [0.25, 0.3) is 0 Å². The van der Waals surface area contributed by atoms with Crippen LogP contribution in [0.15, 0.2) is 18.2 Å². The maximum Gasteiger partial charge on any atom is 0.387 e. The number of carbonyl (C=O) groups excluding carboxylic acids is 1. The molecule has 0 spiro atoms. The van der Waals surface area contributed by atoms with Crippen molar-refractivity contribution >= 4 is 5.97 Å². The Morgan fingerprint density at radius 3 is 2.53 bits per heavy atom. The first-order valence-corrected chi connectivity index (χ1v) is 3.86. The molecule has 0 aliphatic carbocycles. The van der Waals surface area contributed by atoms with Crippen molar-refractivity contribution in [1.82, 2.24) is 0 Å². The number of carbonyl (C=O) groups is 1. The molecule has 82 valence electrons. The second-order valence-electron chi connectivity index (χ2n) is 2.55. The summed E-state index contributed by atoms with van der Waals surface area (Å²) >= 11 is 0. The maximum absolute atomic E-state index is 12.8. The van der Waals surface area contributed by atoms with Crippen LogP contribution in [-0.2, 0) is 4.74 Å². The Morgan fingerprint density at radius 1 is 1.33 bits per heavy atom. The van der Waals surface area contributed by atoms with E-state index in [9.17, 15) is 18.0 Å². The minimum absolute atomic E-state index is 0.187. The Morgan fingerprint density at radius 2 is 2.00 bits per heavy atom. The van der Waals surface area contributed by atoms with Crippen LogP contribution in [0.2, 0.25) is 0 Å². The Hall–Kier alpha value is -1.72. The number of esters is 1. The summed E-state index contributed by atoms with van der Waals surface area (Å²) in [6.45, 7) is -3.07. The summed E-state index contributed by atoms with van der Waals surface area (Å²) in [5.74, 6) is -2.10. The topological polar surface area (TPSA) is 35.5 Å². The maximum atomic E-state index is 12.8. The van der Waals surface area contributed by atoms with E-state index in [0.29, 0.717) is 0 Å². The molecule has 0 bridgehead atoms. The van der Waals surface area contributed by atoms with E-state index < -0.39 is 24.1 Å². The number of hydrogen-bond acceptors (Lipinski definition) is 3. The van der Waals surface area contributed by atoms with Gasteiger partial charge in [0.15, 0.2) is 0 Å². The van der Waals surface area contributed by atoms with E-state index >= 15 is 0 Å². The van der Waals surface area contributed by atoms with Crippen molar-refractivity contribution in [3.63, 3.8) is 0 Å². The van der Waals surface area contributed by atoms with Crippen LogP contribution in [0, 0.1) is 5.82 Å². The average molecular weight is 220 g/mol. The van der Waals surface area contributed by atoms with E-state index in [1.807, 2.05) is 0 Å². The summed E-state index contributed by atoms with van der Waals surface area (Å²) in [6.07, 6.45) is 0. The number of alkyl halides is 2. The number of hydrogen-bond donors (Lipinski definition) is 0. The van der Waals surface area contributed by atoms with Gasteiger partial charge in [-0.05, 0) is 12.1 Å². The molecule has 0 fully saturated rings. The van der Waals surface area contributed by atoms with Crippen LogP contribution in [0.5, 0.6) is 5.75 Å². The first-order chi connectivity index (χ1) is 7.02. The third kappa shape index (κ3) is 3.16. The molecular weight excluding hydrogens is 213 g/mol. The summed E-state index contributed by atoms with van der Waals surface area (Å²) in [7, 11) is 1.10. The summed E-state index contributed by atoms with van der Waals surface area (Å²) in [5.41, 5.74) is -0.187. The second kappa shape index (κ2) is 4.68. The quantitative estimate of drug-likeness (QED) is 0.732. The number of rotatable bonds is 3. The van der Waals surface area contributed by atoms with Gasteiger partial charge in [-0.25, -0.2) is 9.18 Å². The smallest absolute Gasteiger partial charge is 0.387 e. The predicted octanol–water partition coefficient (Wildman–Crippen LogP) is 2.21. The molecule has 0 radical (unpaired) electrons. The molecule has 0 aliphatic heterocycles. The third-order valence-electron chi connectivity index (χ3n) is 1.52. The van der Waals surface area contributed by atoms with Crippen LogP contribution in [0.25, 0.3) is 0 Å². The van der Waals surface area contributed by atoms with Crippen LogP contribution < -0.4 is 4.74 Å². The monoisotopic (exact) mass is 220 g/mol. The van der Waals surface area contributed by atoms with Gasteiger partial charge >= 0.3 is 12.6 Å². The molecular formula is C9H7F3O3. The SMILES string of the molecule is COC(=O)c1cc(F)cc(OC(F)F)c1. The van der Waals surface area contributed by atoms with Crippen LogP contribution in [-0.4, -0.2) is 19.7 Å². The molecule has 0 amide bonds. The highest BCUT2D eigenvalue weighted by molar-refractivity contribution is 5.89. The largest absolute Gasteiger partial charge is 0.465 e. The molecule has 1 aromatic rings. The highest BCUT2D eigenvalue weighted by Crippen LogP contribution is 2.19. The molecule has 0 saturated carbocycles.